The predicted octanol–water partition coefficient (Wildman–Crippen LogP) is 2.79. The van der Waals surface area contributed by atoms with Crippen LogP contribution in [0, 0.1) is 5.92 Å². The standard InChI is InChI=1S/C23H26N2O4/c1-28-20-9-8-17(14-21(20)29-2)22(26)24-10-12-25(13-11-24)23(27)19-15-18(19)16-6-4-3-5-7-16/h3-9,14,18-19H,10-13,15H2,1-2H3/t18-,19+/m1/s1. The van der Waals surface area contributed by atoms with Crippen molar-refractivity contribution in [2.75, 3.05) is 40.4 Å². The SMILES string of the molecule is COc1ccc(C(=O)N2CCN(C(=O)[C@H]3C[C@@H]3c3ccccc3)CC2)cc1OC. The third kappa shape index (κ3) is 3.92. The molecule has 2 aromatic rings. The minimum absolute atomic E-state index is 0.0494. The van der Waals surface area contributed by atoms with Crippen molar-refractivity contribution in [1.82, 2.24) is 9.80 Å². The zero-order valence-electron chi connectivity index (χ0n) is 16.8. The van der Waals surface area contributed by atoms with Crippen LogP contribution in [-0.4, -0.2) is 62.0 Å². The molecule has 0 unspecified atom stereocenters. The van der Waals surface area contributed by atoms with Crippen LogP contribution in [0.25, 0.3) is 0 Å². The minimum Gasteiger partial charge on any atom is -0.493 e. The highest BCUT2D eigenvalue weighted by molar-refractivity contribution is 5.95. The Balaban J connectivity index is 1.34. The maximum Gasteiger partial charge on any atom is 0.254 e. The van der Waals surface area contributed by atoms with E-state index in [-0.39, 0.29) is 17.7 Å². The lowest BCUT2D eigenvalue weighted by Crippen LogP contribution is -2.51. The predicted molar refractivity (Wildman–Crippen MR) is 109 cm³/mol. The number of nitrogens with zero attached hydrogens (tertiary/aromatic N) is 2. The molecule has 1 aliphatic carbocycles. The molecule has 1 aliphatic heterocycles. The third-order valence-corrected chi connectivity index (χ3v) is 5.84. The van der Waals surface area contributed by atoms with Crippen LogP contribution in [-0.2, 0) is 4.79 Å². The van der Waals surface area contributed by atoms with Crippen molar-refractivity contribution in [2.24, 2.45) is 5.92 Å². The van der Waals surface area contributed by atoms with Gasteiger partial charge in [-0.15, -0.1) is 0 Å². The molecule has 4 rings (SSSR count). The van der Waals surface area contributed by atoms with Crippen LogP contribution >= 0.6 is 0 Å². The number of rotatable bonds is 5. The Bertz CT molecular complexity index is 891. The van der Waals surface area contributed by atoms with Crippen LogP contribution in [0.3, 0.4) is 0 Å². The van der Waals surface area contributed by atoms with Gasteiger partial charge in [0.25, 0.3) is 5.91 Å². The van der Waals surface area contributed by atoms with E-state index in [0.29, 0.717) is 49.2 Å². The second kappa shape index (κ2) is 8.15. The van der Waals surface area contributed by atoms with Crippen molar-refractivity contribution in [3.05, 3.63) is 59.7 Å². The Labute approximate surface area is 171 Å². The van der Waals surface area contributed by atoms with E-state index in [1.807, 2.05) is 23.1 Å². The van der Waals surface area contributed by atoms with Crippen LogP contribution in [0.2, 0.25) is 0 Å². The molecule has 0 spiro atoms. The number of carbonyl (C=O) groups excluding carboxylic acids is 2. The Hall–Kier alpha value is -3.02. The van der Waals surface area contributed by atoms with Gasteiger partial charge in [0.1, 0.15) is 0 Å². The van der Waals surface area contributed by atoms with E-state index in [4.69, 9.17) is 9.47 Å². The molecule has 2 atom stereocenters. The average molecular weight is 394 g/mol. The molecular formula is C23H26N2O4. The van der Waals surface area contributed by atoms with Gasteiger partial charge in [-0.25, -0.2) is 0 Å². The first-order valence-corrected chi connectivity index (χ1v) is 9.97. The molecule has 29 heavy (non-hydrogen) atoms. The third-order valence-electron chi connectivity index (χ3n) is 5.84. The van der Waals surface area contributed by atoms with Crippen LogP contribution in [0.4, 0.5) is 0 Å². The second-order valence-electron chi connectivity index (χ2n) is 7.55. The first-order chi connectivity index (χ1) is 14.1. The number of methoxy groups -OCH3 is 2. The summed E-state index contributed by atoms with van der Waals surface area (Å²) in [5.74, 6) is 1.73. The maximum absolute atomic E-state index is 12.9. The molecule has 2 aliphatic rings. The number of benzene rings is 2. The lowest BCUT2D eigenvalue weighted by atomic mass is 10.1. The van der Waals surface area contributed by atoms with Crippen molar-refractivity contribution in [3.63, 3.8) is 0 Å². The summed E-state index contributed by atoms with van der Waals surface area (Å²) in [5.41, 5.74) is 1.81. The molecule has 1 saturated heterocycles. The highest BCUT2D eigenvalue weighted by atomic mass is 16.5. The van der Waals surface area contributed by atoms with Crippen LogP contribution < -0.4 is 9.47 Å². The highest BCUT2D eigenvalue weighted by Gasteiger charge is 2.46. The molecule has 2 amide bonds. The van der Waals surface area contributed by atoms with Crippen molar-refractivity contribution in [2.45, 2.75) is 12.3 Å². The summed E-state index contributed by atoms with van der Waals surface area (Å²) in [6.45, 7) is 2.25. The minimum atomic E-state index is -0.0494. The fraction of sp³-hybridized carbons (Fsp3) is 0.391. The Morgan fingerprint density at radius 3 is 2.17 bits per heavy atom. The molecule has 1 saturated carbocycles. The molecule has 1 heterocycles. The maximum atomic E-state index is 12.9. The van der Waals surface area contributed by atoms with Gasteiger partial charge in [0.15, 0.2) is 11.5 Å². The van der Waals surface area contributed by atoms with E-state index in [0.717, 1.165) is 6.42 Å². The molecule has 0 bridgehead atoms. The molecular weight excluding hydrogens is 368 g/mol. The van der Waals surface area contributed by atoms with Gasteiger partial charge in [-0.3, -0.25) is 9.59 Å². The Morgan fingerprint density at radius 2 is 1.52 bits per heavy atom. The lowest BCUT2D eigenvalue weighted by molar-refractivity contribution is -0.134. The van der Waals surface area contributed by atoms with Crippen molar-refractivity contribution in [1.29, 1.82) is 0 Å². The number of piperazine rings is 1. The van der Waals surface area contributed by atoms with E-state index in [2.05, 4.69) is 12.1 Å². The average Bonchev–Trinajstić information content (AvgIpc) is 3.59. The Kier molecular flexibility index (Phi) is 5.43. The summed E-state index contributed by atoms with van der Waals surface area (Å²) in [5, 5.41) is 0. The molecule has 6 nitrogen and oxygen atoms in total. The van der Waals surface area contributed by atoms with Gasteiger partial charge in [-0.1, -0.05) is 30.3 Å². The highest BCUT2D eigenvalue weighted by Crippen LogP contribution is 2.48. The smallest absolute Gasteiger partial charge is 0.254 e. The fourth-order valence-electron chi connectivity index (χ4n) is 4.05. The topological polar surface area (TPSA) is 59.1 Å². The van der Waals surface area contributed by atoms with Crippen molar-refractivity contribution >= 4 is 11.8 Å². The van der Waals surface area contributed by atoms with E-state index in [1.54, 1.807) is 37.3 Å². The molecule has 0 aromatic heterocycles. The van der Waals surface area contributed by atoms with E-state index in [9.17, 15) is 9.59 Å². The second-order valence-corrected chi connectivity index (χ2v) is 7.55. The largest absolute Gasteiger partial charge is 0.493 e. The summed E-state index contributed by atoms with van der Waals surface area (Å²) in [6.07, 6.45) is 0.924. The van der Waals surface area contributed by atoms with Crippen molar-refractivity contribution < 1.29 is 19.1 Å². The zero-order valence-corrected chi connectivity index (χ0v) is 16.8. The van der Waals surface area contributed by atoms with Crippen molar-refractivity contribution in [3.8, 4) is 11.5 Å². The van der Waals surface area contributed by atoms with E-state index >= 15 is 0 Å². The van der Waals surface area contributed by atoms with E-state index < -0.39 is 0 Å². The van der Waals surface area contributed by atoms with Gasteiger partial charge in [-0.05, 0) is 36.1 Å². The lowest BCUT2D eigenvalue weighted by Gasteiger charge is -2.35. The summed E-state index contributed by atoms with van der Waals surface area (Å²) >= 11 is 0. The van der Waals surface area contributed by atoms with Crippen LogP contribution in [0.5, 0.6) is 11.5 Å². The quantitative estimate of drug-likeness (QED) is 0.783. The summed E-state index contributed by atoms with van der Waals surface area (Å²) in [4.78, 5) is 29.4. The molecule has 0 N–H and O–H groups in total. The molecule has 0 radical (unpaired) electrons. The summed E-state index contributed by atoms with van der Waals surface area (Å²) in [6, 6.07) is 15.4. The first-order valence-electron chi connectivity index (χ1n) is 9.97. The fourth-order valence-corrected chi connectivity index (χ4v) is 4.05. The number of hydrogen-bond acceptors (Lipinski definition) is 4. The number of hydrogen-bond donors (Lipinski definition) is 0. The molecule has 6 heteroatoms. The monoisotopic (exact) mass is 394 g/mol. The molecule has 152 valence electrons. The number of carbonyl (C=O) groups is 2. The summed E-state index contributed by atoms with van der Waals surface area (Å²) in [7, 11) is 3.12. The number of ether oxygens (including phenoxy) is 2. The van der Waals surface area contributed by atoms with Crippen LogP contribution in [0.15, 0.2) is 48.5 Å². The van der Waals surface area contributed by atoms with Gasteiger partial charge < -0.3 is 19.3 Å². The molecule has 2 aromatic carbocycles. The van der Waals surface area contributed by atoms with Gasteiger partial charge in [0.05, 0.1) is 14.2 Å². The summed E-state index contributed by atoms with van der Waals surface area (Å²) < 4.78 is 10.5. The normalized spacial score (nSPS) is 20.9. The van der Waals surface area contributed by atoms with Gasteiger partial charge in [0, 0.05) is 37.7 Å². The Morgan fingerprint density at radius 1 is 0.862 bits per heavy atom. The molecule has 2 fully saturated rings. The van der Waals surface area contributed by atoms with E-state index in [1.165, 1.54) is 5.56 Å². The van der Waals surface area contributed by atoms with Gasteiger partial charge in [-0.2, -0.15) is 0 Å². The van der Waals surface area contributed by atoms with Crippen LogP contribution in [0.1, 0.15) is 28.3 Å². The first kappa shape index (κ1) is 19.3. The zero-order chi connectivity index (χ0) is 20.4. The number of amides is 2. The van der Waals surface area contributed by atoms with Gasteiger partial charge in [0.2, 0.25) is 5.91 Å². The van der Waals surface area contributed by atoms with Gasteiger partial charge >= 0.3 is 0 Å².